The number of nitrogens with two attached hydrogens (primary N) is 1. The van der Waals surface area contributed by atoms with Gasteiger partial charge in [-0.15, -0.1) is 11.7 Å². The third-order valence-electron chi connectivity index (χ3n) is 2.74. The molecule has 0 spiro atoms. The molecule has 0 unspecified atom stereocenters. The molecule has 2 aromatic rings. The van der Waals surface area contributed by atoms with Crippen molar-refractivity contribution in [3.8, 4) is 17.0 Å². The Bertz CT molecular complexity index is 664. The maximum absolute atomic E-state index is 11.2. The van der Waals surface area contributed by atoms with Crippen molar-refractivity contribution in [1.29, 1.82) is 0 Å². The van der Waals surface area contributed by atoms with Gasteiger partial charge >= 0.3 is 5.97 Å². The number of nitrogen functional groups attached to an aromatic ring is 1. The first kappa shape index (κ1) is 13.6. The summed E-state index contributed by atoms with van der Waals surface area (Å²) in [5.41, 5.74) is 7.11. The first-order chi connectivity index (χ1) is 9.58. The van der Waals surface area contributed by atoms with Crippen LogP contribution in [0.1, 0.15) is 10.5 Å². The van der Waals surface area contributed by atoms with Crippen LogP contribution in [0.5, 0.6) is 5.75 Å². The molecule has 20 heavy (non-hydrogen) atoms. The predicted molar refractivity (Wildman–Crippen MR) is 73.6 cm³/mol. The summed E-state index contributed by atoms with van der Waals surface area (Å²) in [5.74, 6) is -0.627. The van der Waals surface area contributed by atoms with Crippen LogP contribution in [0.4, 0.5) is 5.69 Å². The maximum Gasteiger partial charge on any atom is 0.358 e. The lowest BCUT2D eigenvalue weighted by molar-refractivity contribution is 0.0691. The number of aromatic nitrogens is 3. The normalized spacial score (nSPS) is 10.2. The Labute approximate surface area is 115 Å². The Kier molecular flexibility index (Phi) is 3.69. The van der Waals surface area contributed by atoms with Crippen molar-refractivity contribution in [2.24, 2.45) is 0 Å². The van der Waals surface area contributed by atoms with Crippen LogP contribution in [0.2, 0.25) is 0 Å². The van der Waals surface area contributed by atoms with E-state index in [-0.39, 0.29) is 5.69 Å². The van der Waals surface area contributed by atoms with Crippen LogP contribution in [0.15, 0.2) is 30.9 Å². The number of carboxylic acids is 1. The Morgan fingerprint density at radius 3 is 2.90 bits per heavy atom. The zero-order chi connectivity index (χ0) is 14.7. The zero-order valence-electron chi connectivity index (χ0n) is 10.9. The summed E-state index contributed by atoms with van der Waals surface area (Å²) < 4.78 is 6.53. The fourth-order valence-electron chi connectivity index (χ4n) is 1.87. The Morgan fingerprint density at radius 2 is 2.35 bits per heavy atom. The van der Waals surface area contributed by atoms with Gasteiger partial charge in [-0.3, -0.25) is 0 Å². The molecule has 0 aliphatic rings. The summed E-state index contributed by atoms with van der Waals surface area (Å²) in [6, 6.07) is 5.00. The van der Waals surface area contributed by atoms with Gasteiger partial charge in [0.25, 0.3) is 0 Å². The minimum Gasteiger partial charge on any atom is -0.495 e. The van der Waals surface area contributed by atoms with Gasteiger partial charge in [-0.05, 0) is 18.2 Å². The average molecular weight is 274 g/mol. The molecule has 0 amide bonds. The average Bonchev–Trinajstić information content (AvgIpc) is 2.83. The molecule has 1 heterocycles. The molecular weight excluding hydrogens is 260 g/mol. The van der Waals surface area contributed by atoms with Gasteiger partial charge in [0, 0.05) is 5.56 Å². The molecule has 0 atom stereocenters. The first-order valence-corrected chi connectivity index (χ1v) is 5.80. The number of aromatic carboxylic acids is 1. The highest BCUT2D eigenvalue weighted by Gasteiger charge is 2.20. The molecule has 0 saturated carbocycles. The number of allylic oxidation sites excluding steroid dienone is 1. The van der Waals surface area contributed by atoms with Crippen LogP contribution in [0, 0.1) is 0 Å². The van der Waals surface area contributed by atoms with E-state index in [0.717, 1.165) is 0 Å². The largest absolute Gasteiger partial charge is 0.495 e. The summed E-state index contributed by atoms with van der Waals surface area (Å²) in [7, 11) is 1.51. The molecule has 1 aromatic carbocycles. The smallest absolute Gasteiger partial charge is 0.358 e. The van der Waals surface area contributed by atoms with E-state index in [1.54, 1.807) is 24.3 Å². The number of methoxy groups -OCH3 is 1. The van der Waals surface area contributed by atoms with E-state index < -0.39 is 5.97 Å². The van der Waals surface area contributed by atoms with Crippen LogP contribution < -0.4 is 10.5 Å². The number of carboxylic acid groups (broad SMARTS) is 1. The lowest BCUT2D eigenvalue weighted by Crippen LogP contribution is -2.04. The molecule has 104 valence electrons. The summed E-state index contributed by atoms with van der Waals surface area (Å²) >= 11 is 0. The minimum atomic E-state index is -1.15. The molecule has 1 aromatic heterocycles. The quantitative estimate of drug-likeness (QED) is 0.631. The molecule has 0 radical (unpaired) electrons. The van der Waals surface area contributed by atoms with Crippen LogP contribution in [0.3, 0.4) is 0 Å². The van der Waals surface area contributed by atoms with Crippen LogP contribution >= 0.6 is 0 Å². The van der Waals surface area contributed by atoms with E-state index >= 15 is 0 Å². The molecule has 7 heteroatoms. The van der Waals surface area contributed by atoms with Gasteiger partial charge in [-0.25, -0.2) is 9.48 Å². The molecule has 2 rings (SSSR count). The Morgan fingerprint density at radius 1 is 1.60 bits per heavy atom. The van der Waals surface area contributed by atoms with Crippen molar-refractivity contribution in [3.63, 3.8) is 0 Å². The van der Waals surface area contributed by atoms with Gasteiger partial charge in [0.05, 0.1) is 19.3 Å². The van der Waals surface area contributed by atoms with Crippen LogP contribution in [-0.4, -0.2) is 33.2 Å². The van der Waals surface area contributed by atoms with Crippen molar-refractivity contribution in [2.45, 2.75) is 6.54 Å². The van der Waals surface area contributed by atoms with E-state index in [4.69, 9.17) is 10.5 Å². The van der Waals surface area contributed by atoms with Crippen molar-refractivity contribution >= 4 is 11.7 Å². The summed E-state index contributed by atoms with van der Waals surface area (Å²) in [6.07, 6.45) is 1.61. The van der Waals surface area contributed by atoms with Crippen molar-refractivity contribution in [1.82, 2.24) is 15.0 Å². The van der Waals surface area contributed by atoms with E-state index in [1.807, 2.05) is 0 Å². The van der Waals surface area contributed by atoms with Crippen LogP contribution in [-0.2, 0) is 6.54 Å². The molecule has 0 bridgehead atoms. The Hall–Kier alpha value is -2.83. The summed E-state index contributed by atoms with van der Waals surface area (Å²) in [4.78, 5) is 11.2. The highest BCUT2D eigenvalue weighted by molar-refractivity contribution is 5.93. The first-order valence-electron chi connectivity index (χ1n) is 5.80. The topological polar surface area (TPSA) is 103 Å². The van der Waals surface area contributed by atoms with Crippen LogP contribution in [0.25, 0.3) is 11.3 Å². The second kappa shape index (κ2) is 5.43. The number of nitrogens with zero attached hydrogens (tertiary/aromatic N) is 3. The van der Waals surface area contributed by atoms with Gasteiger partial charge < -0.3 is 15.6 Å². The predicted octanol–water partition coefficient (Wildman–Crippen LogP) is 1.42. The van der Waals surface area contributed by atoms with E-state index in [0.29, 0.717) is 29.2 Å². The van der Waals surface area contributed by atoms with Gasteiger partial charge in [0.2, 0.25) is 0 Å². The summed E-state index contributed by atoms with van der Waals surface area (Å²) in [5, 5.41) is 16.7. The molecule has 0 aliphatic heterocycles. The minimum absolute atomic E-state index is 0.128. The fourth-order valence-corrected chi connectivity index (χ4v) is 1.87. The standard InChI is InChI=1S/C13H14N4O3/c1-3-6-17-12(11(13(18)19)15-16-17)8-4-5-10(20-2)9(14)7-8/h3-5,7H,1,6,14H2,2H3,(H,18,19). The van der Waals surface area contributed by atoms with E-state index in [9.17, 15) is 9.90 Å². The highest BCUT2D eigenvalue weighted by atomic mass is 16.5. The van der Waals surface area contributed by atoms with Gasteiger partial charge in [-0.1, -0.05) is 11.3 Å². The number of ether oxygens (including phenoxy) is 1. The lowest BCUT2D eigenvalue weighted by atomic mass is 10.1. The molecule has 0 fully saturated rings. The Balaban J connectivity index is 2.60. The van der Waals surface area contributed by atoms with Crippen molar-refractivity contribution in [3.05, 3.63) is 36.5 Å². The number of hydrogen-bond donors (Lipinski definition) is 2. The summed E-state index contributed by atoms with van der Waals surface area (Å²) in [6.45, 7) is 3.96. The fraction of sp³-hybridized carbons (Fsp3) is 0.154. The van der Waals surface area contributed by atoms with Gasteiger partial charge in [-0.2, -0.15) is 0 Å². The van der Waals surface area contributed by atoms with E-state index in [2.05, 4.69) is 16.9 Å². The number of anilines is 1. The number of hydrogen-bond acceptors (Lipinski definition) is 5. The highest BCUT2D eigenvalue weighted by Crippen LogP contribution is 2.29. The SMILES string of the molecule is C=CCn1nnc(C(=O)O)c1-c1ccc(OC)c(N)c1. The number of rotatable bonds is 5. The second-order valence-corrected chi connectivity index (χ2v) is 4.02. The third kappa shape index (κ3) is 2.33. The molecule has 0 aliphatic carbocycles. The maximum atomic E-state index is 11.2. The van der Waals surface area contributed by atoms with Gasteiger partial charge in [0.1, 0.15) is 11.4 Å². The third-order valence-corrected chi connectivity index (χ3v) is 2.74. The zero-order valence-corrected chi connectivity index (χ0v) is 10.9. The number of carbonyl (C=O) groups is 1. The molecule has 7 nitrogen and oxygen atoms in total. The van der Waals surface area contributed by atoms with Crippen molar-refractivity contribution in [2.75, 3.05) is 12.8 Å². The number of benzene rings is 1. The molecule has 3 N–H and O–H groups in total. The lowest BCUT2D eigenvalue weighted by Gasteiger charge is -2.08. The second-order valence-electron chi connectivity index (χ2n) is 4.02. The molecular formula is C13H14N4O3. The monoisotopic (exact) mass is 274 g/mol. The molecule has 0 saturated heterocycles. The van der Waals surface area contributed by atoms with E-state index in [1.165, 1.54) is 11.8 Å². The van der Waals surface area contributed by atoms with Crippen molar-refractivity contribution < 1.29 is 14.6 Å². The van der Waals surface area contributed by atoms with Gasteiger partial charge in [0.15, 0.2) is 5.69 Å².